The van der Waals surface area contributed by atoms with Crippen molar-refractivity contribution in [1.29, 1.82) is 0 Å². The quantitative estimate of drug-likeness (QED) is 0.0228. The molecule has 0 bridgehead atoms. The summed E-state index contributed by atoms with van der Waals surface area (Å²) in [6, 6.07) is 0. The Balaban J connectivity index is 2.74. The van der Waals surface area contributed by atoms with Gasteiger partial charge in [0, 0.05) is 19.3 Å². The molecular weight excluding hydrogens is 901 g/mol. The van der Waals surface area contributed by atoms with E-state index in [9.17, 15) is 34.5 Å². The van der Waals surface area contributed by atoms with Crippen LogP contribution in [0.2, 0.25) is 0 Å². The third kappa shape index (κ3) is 37.6. The third-order valence-corrected chi connectivity index (χ3v) is 12.3. The normalized spacial score (nSPS) is 19.0. The first-order valence-electron chi connectivity index (χ1n) is 27.9. The molecule has 0 aromatic rings. The van der Waals surface area contributed by atoms with Crippen LogP contribution in [0.4, 0.5) is 0 Å². The minimum atomic E-state index is -1.91. The average molecular weight is 999 g/mol. The van der Waals surface area contributed by atoms with Crippen LogP contribution in [0.3, 0.4) is 0 Å². The molecular formula is C59H98O12. The number of aliphatic hydroxyl groups excluding tert-OH is 2. The van der Waals surface area contributed by atoms with Crippen LogP contribution >= 0.6 is 0 Å². The second kappa shape index (κ2) is 47.2. The highest BCUT2D eigenvalue weighted by atomic mass is 16.7. The molecule has 3 N–H and O–H groups in total. The molecule has 6 atom stereocenters. The minimum absolute atomic E-state index is 0.0393. The van der Waals surface area contributed by atoms with E-state index >= 15 is 0 Å². The van der Waals surface area contributed by atoms with Crippen LogP contribution in [-0.4, -0.2) is 89.2 Å². The lowest BCUT2D eigenvalue weighted by molar-refractivity contribution is -0.301. The van der Waals surface area contributed by atoms with Gasteiger partial charge in [-0.1, -0.05) is 190 Å². The number of carbonyl (C=O) groups is 4. The van der Waals surface area contributed by atoms with Gasteiger partial charge in [-0.25, -0.2) is 4.79 Å². The van der Waals surface area contributed by atoms with E-state index in [0.29, 0.717) is 19.3 Å². The van der Waals surface area contributed by atoms with Crippen molar-refractivity contribution < 1.29 is 58.2 Å². The maximum absolute atomic E-state index is 13.1. The van der Waals surface area contributed by atoms with Gasteiger partial charge in [0.2, 0.25) is 0 Å². The maximum Gasteiger partial charge on any atom is 0.335 e. The fraction of sp³-hybridized carbons (Fsp3) is 0.729. The number of unbranched alkanes of at least 4 members (excludes halogenated alkanes) is 20. The molecule has 0 spiro atoms. The number of carboxylic acid groups (broad SMARTS) is 1. The molecule has 1 aliphatic rings. The number of esters is 3. The van der Waals surface area contributed by atoms with Gasteiger partial charge in [0.1, 0.15) is 18.8 Å². The Morgan fingerprint density at radius 1 is 0.479 bits per heavy atom. The van der Waals surface area contributed by atoms with E-state index in [2.05, 4.69) is 93.7 Å². The smallest absolute Gasteiger partial charge is 0.335 e. The monoisotopic (exact) mass is 999 g/mol. The number of rotatable bonds is 46. The summed E-state index contributed by atoms with van der Waals surface area (Å²) in [6.45, 7) is 5.78. The molecule has 1 aliphatic heterocycles. The van der Waals surface area contributed by atoms with Crippen molar-refractivity contribution >= 4 is 23.9 Å². The van der Waals surface area contributed by atoms with Crippen molar-refractivity contribution in [3.63, 3.8) is 0 Å². The average Bonchev–Trinajstić information content (AvgIpc) is 3.35. The highest BCUT2D eigenvalue weighted by Gasteiger charge is 2.50. The molecule has 0 saturated carbocycles. The van der Waals surface area contributed by atoms with E-state index in [0.717, 1.165) is 103 Å². The molecule has 0 amide bonds. The molecule has 0 aromatic carbocycles. The number of hydrogen-bond donors (Lipinski definition) is 3. The molecule has 0 radical (unpaired) electrons. The maximum atomic E-state index is 13.1. The lowest BCUT2D eigenvalue weighted by atomic mass is 9.98. The summed E-state index contributed by atoms with van der Waals surface area (Å²) in [5.41, 5.74) is 0. The zero-order valence-electron chi connectivity index (χ0n) is 44.4. The number of carboxylic acids is 1. The molecule has 1 saturated heterocycles. The summed E-state index contributed by atoms with van der Waals surface area (Å²) in [6.07, 6.45) is 46.0. The van der Waals surface area contributed by atoms with Gasteiger partial charge in [0.25, 0.3) is 0 Å². The number of aliphatic hydroxyl groups is 2. The first kappa shape index (κ1) is 65.2. The number of allylic oxidation sites excluding steroid dienone is 12. The van der Waals surface area contributed by atoms with Gasteiger partial charge in [-0.15, -0.1) is 0 Å². The van der Waals surface area contributed by atoms with Crippen LogP contribution < -0.4 is 0 Å². The van der Waals surface area contributed by atoms with Crippen molar-refractivity contribution in [2.75, 3.05) is 13.2 Å². The predicted octanol–water partition coefficient (Wildman–Crippen LogP) is 13.8. The van der Waals surface area contributed by atoms with Gasteiger partial charge in [0.05, 0.1) is 6.61 Å². The number of aliphatic carboxylic acids is 1. The van der Waals surface area contributed by atoms with Gasteiger partial charge in [-0.3, -0.25) is 14.4 Å². The minimum Gasteiger partial charge on any atom is -0.479 e. The molecule has 406 valence electrons. The largest absolute Gasteiger partial charge is 0.479 e. The Bertz CT molecular complexity index is 1510. The van der Waals surface area contributed by atoms with Crippen molar-refractivity contribution in [3.8, 4) is 0 Å². The summed E-state index contributed by atoms with van der Waals surface area (Å²) in [5.74, 6) is -3.19. The zero-order chi connectivity index (χ0) is 51.8. The fourth-order valence-electron chi connectivity index (χ4n) is 7.98. The summed E-state index contributed by atoms with van der Waals surface area (Å²) < 4.78 is 28.3. The molecule has 12 heteroatoms. The SMILES string of the molecule is CC/C=C\C/C=C\C/C=C\C/C=C\CCCCC(=O)OCC(COC1OC(C(=O)O)C(O)C(O)C1OC(=O)CCCCCCC/C=C\C/C=C\CCCCC)OC(=O)CCCCCCCCCCCCC. The Hall–Kier alpha value is -3.84. The van der Waals surface area contributed by atoms with E-state index in [-0.39, 0.29) is 25.9 Å². The molecule has 1 heterocycles. The van der Waals surface area contributed by atoms with E-state index in [4.69, 9.17) is 23.7 Å². The summed E-state index contributed by atoms with van der Waals surface area (Å²) in [4.78, 5) is 50.9. The lowest BCUT2D eigenvalue weighted by Crippen LogP contribution is -2.61. The van der Waals surface area contributed by atoms with Crippen LogP contribution in [0.5, 0.6) is 0 Å². The van der Waals surface area contributed by atoms with E-state index in [1.165, 1.54) is 64.2 Å². The molecule has 12 nitrogen and oxygen atoms in total. The zero-order valence-corrected chi connectivity index (χ0v) is 44.4. The molecule has 1 rings (SSSR count). The Morgan fingerprint density at radius 2 is 0.887 bits per heavy atom. The number of ether oxygens (including phenoxy) is 5. The van der Waals surface area contributed by atoms with Crippen molar-refractivity contribution in [1.82, 2.24) is 0 Å². The molecule has 6 unspecified atom stereocenters. The van der Waals surface area contributed by atoms with Gasteiger partial charge >= 0.3 is 23.9 Å². The summed E-state index contributed by atoms with van der Waals surface area (Å²) in [7, 11) is 0. The van der Waals surface area contributed by atoms with Crippen LogP contribution in [0.15, 0.2) is 72.9 Å². The summed E-state index contributed by atoms with van der Waals surface area (Å²) >= 11 is 0. The van der Waals surface area contributed by atoms with E-state index in [1.807, 2.05) is 0 Å². The molecule has 1 fully saturated rings. The summed E-state index contributed by atoms with van der Waals surface area (Å²) in [5, 5.41) is 31.4. The third-order valence-electron chi connectivity index (χ3n) is 12.3. The predicted molar refractivity (Wildman–Crippen MR) is 285 cm³/mol. The fourth-order valence-corrected chi connectivity index (χ4v) is 7.98. The van der Waals surface area contributed by atoms with Crippen LogP contribution in [0, 0.1) is 0 Å². The Labute approximate surface area is 429 Å². The first-order valence-corrected chi connectivity index (χ1v) is 27.9. The van der Waals surface area contributed by atoms with Gasteiger partial charge in [-0.2, -0.15) is 0 Å². The van der Waals surface area contributed by atoms with Crippen molar-refractivity contribution in [2.45, 2.75) is 263 Å². The Kier molecular flexibility index (Phi) is 43.3. The molecule has 71 heavy (non-hydrogen) atoms. The van der Waals surface area contributed by atoms with Crippen molar-refractivity contribution in [3.05, 3.63) is 72.9 Å². The van der Waals surface area contributed by atoms with E-state index < -0.39 is 67.3 Å². The lowest BCUT2D eigenvalue weighted by Gasteiger charge is -2.40. The van der Waals surface area contributed by atoms with Gasteiger partial charge < -0.3 is 39.0 Å². The van der Waals surface area contributed by atoms with Crippen LogP contribution in [0.1, 0.15) is 226 Å². The van der Waals surface area contributed by atoms with Crippen molar-refractivity contribution in [2.24, 2.45) is 0 Å². The van der Waals surface area contributed by atoms with Crippen LogP contribution in [0.25, 0.3) is 0 Å². The second-order valence-electron chi connectivity index (χ2n) is 18.8. The highest BCUT2D eigenvalue weighted by molar-refractivity contribution is 5.74. The van der Waals surface area contributed by atoms with Crippen LogP contribution in [-0.2, 0) is 42.9 Å². The van der Waals surface area contributed by atoms with E-state index in [1.54, 1.807) is 0 Å². The topological polar surface area (TPSA) is 175 Å². The second-order valence-corrected chi connectivity index (χ2v) is 18.8. The number of carbonyl (C=O) groups excluding carboxylic acids is 3. The molecule has 0 aromatic heterocycles. The standard InChI is InChI=1S/C59H98O12/c1-4-7-10-13-16-19-22-24-26-28-31-33-36-39-42-45-51(60)67-48-50(69-52(61)46-43-40-37-34-30-21-18-15-12-9-6-3)49-68-59-57(55(64)54(63)56(71-59)58(65)66)70-53(62)47-44-41-38-35-32-29-27-25-23-20-17-14-11-8-5-2/h7,10,16-17,19-20,24-27,31,33,50,54-57,59,63-64H,4-6,8-9,11-15,18,21-23,28-30,32,34-49H2,1-3H3,(H,65,66)/b10-7-,19-16-,20-17-,26-24-,27-25-,33-31-. The van der Waals surface area contributed by atoms with Gasteiger partial charge in [-0.05, 0) is 89.9 Å². The first-order chi connectivity index (χ1) is 34.6. The van der Waals surface area contributed by atoms with Gasteiger partial charge in [0.15, 0.2) is 24.6 Å². The Morgan fingerprint density at radius 3 is 1.41 bits per heavy atom. The highest BCUT2D eigenvalue weighted by Crippen LogP contribution is 2.26. The molecule has 0 aliphatic carbocycles. The number of hydrogen-bond acceptors (Lipinski definition) is 11.